The van der Waals surface area contributed by atoms with E-state index < -0.39 is 12.6 Å². The zero-order chi connectivity index (χ0) is 19.1. The van der Waals surface area contributed by atoms with E-state index in [0.29, 0.717) is 11.3 Å². The monoisotopic (exact) mass is 420 g/mol. The summed E-state index contributed by atoms with van der Waals surface area (Å²) >= 11 is 3.38. The van der Waals surface area contributed by atoms with Gasteiger partial charge in [-0.15, -0.1) is 0 Å². The first-order valence-corrected chi connectivity index (χ1v) is 8.32. The quantitative estimate of drug-likeness (QED) is 0.516. The van der Waals surface area contributed by atoms with Crippen LogP contribution >= 0.6 is 15.9 Å². The molecule has 0 atom stereocenters. The van der Waals surface area contributed by atoms with Gasteiger partial charge in [-0.25, -0.2) is 4.79 Å². The Hall–Kier alpha value is -2.80. The van der Waals surface area contributed by atoms with Gasteiger partial charge in [0.1, 0.15) is 5.75 Å². The SMILES string of the molecule is COc1ccc(Br)cc1/C=C/C(=O)c1ccc(OCC(=O)O)c(OC)c1. The van der Waals surface area contributed by atoms with Crippen molar-refractivity contribution in [3.05, 3.63) is 58.1 Å². The van der Waals surface area contributed by atoms with Crippen LogP contribution in [0.5, 0.6) is 17.2 Å². The third-order valence-corrected chi connectivity index (χ3v) is 3.90. The number of aliphatic carboxylic acids is 1. The van der Waals surface area contributed by atoms with Gasteiger partial charge in [0.05, 0.1) is 14.2 Å². The van der Waals surface area contributed by atoms with E-state index in [4.69, 9.17) is 19.3 Å². The fourth-order valence-electron chi connectivity index (χ4n) is 2.18. The van der Waals surface area contributed by atoms with Crippen molar-refractivity contribution in [2.45, 2.75) is 0 Å². The number of benzene rings is 2. The minimum Gasteiger partial charge on any atom is -0.496 e. The minimum atomic E-state index is -1.10. The predicted octanol–water partition coefficient (Wildman–Crippen LogP) is 3.83. The number of halogens is 1. The van der Waals surface area contributed by atoms with Gasteiger partial charge < -0.3 is 19.3 Å². The lowest BCUT2D eigenvalue weighted by molar-refractivity contribution is -0.139. The summed E-state index contributed by atoms with van der Waals surface area (Å²) in [5, 5.41) is 8.68. The lowest BCUT2D eigenvalue weighted by Crippen LogP contribution is -2.10. The molecule has 2 aromatic rings. The zero-order valence-corrected chi connectivity index (χ0v) is 15.8. The Morgan fingerprint density at radius 1 is 1.04 bits per heavy atom. The molecule has 0 aliphatic rings. The molecule has 0 heterocycles. The van der Waals surface area contributed by atoms with Crippen LogP contribution in [0.15, 0.2) is 46.9 Å². The van der Waals surface area contributed by atoms with E-state index in [9.17, 15) is 9.59 Å². The Morgan fingerprint density at radius 3 is 2.38 bits per heavy atom. The number of carbonyl (C=O) groups excluding carboxylic acids is 1. The second-order valence-corrected chi connectivity index (χ2v) is 6.05. The highest BCUT2D eigenvalue weighted by Gasteiger charge is 2.11. The molecule has 2 rings (SSSR count). The molecule has 0 amide bonds. The predicted molar refractivity (Wildman–Crippen MR) is 100 cm³/mol. The van der Waals surface area contributed by atoms with Gasteiger partial charge in [0, 0.05) is 15.6 Å². The molecule has 136 valence electrons. The maximum Gasteiger partial charge on any atom is 0.341 e. The number of ketones is 1. The summed E-state index contributed by atoms with van der Waals surface area (Å²) < 4.78 is 16.4. The van der Waals surface area contributed by atoms with E-state index in [1.54, 1.807) is 25.3 Å². The van der Waals surface area contributed by atoms with Gasteiger partial charge in [0.2, 0.25) is 0 Å². The Labute approximate surface area is 159 Å². The molecule has 0 fully saturated rings. The smallest absolute Gasteiger partial charge is 0.341 e. The van der Waals surface area contributed by atoms with Crippen LogP contribution in [-0.4, -0.2) is 37.7 Å². The van der Waals surface area contributed by atoms with Crippen LogP contribution in [0.25, 0.3) is 6.08 Å². The highest BCUT2D eigenvalue weighted by atomic mass is 79.9. The maximum atomic E-state index is 12.4. The summed E-state index contributed by atoms with van der Waals surface area (Å²) in [5.74, 6) is -0.157. The highest BCUT2D eigenvalue weighted by molar-refractivity contribution is 9.10. The molecule has 0 unspecified atom stereocenters. The van der Waals surface area contributed by atoms with Gasteiger partial charge in [0.15, 0.2) is 23.9 Å². The molecule has 0 spiro atoms. The molecular formula is C19H17BrO6. The van der Waals surface area contributed by atoms with Gasteiger partial charge >= 0.3 is 5.97 Å². The lowest BCUT2D eigenvalue weighted by atomic mass is 10.1. The van der Waals surface area contributed by atoms with Crippen molar-refractivity contribution in [3.8, 4) is 17.2 Å². The van der Waals surface area contributed by atoms with Crippen LogP contribution in [-0.2, 0) is 4.79 Å². The van der Waals surface area contributed by atoms with Crippen LogP contribution in [0.3, 0.4) is 0 Å². The van der Waals surface area contributed by atoms with Crippen LogP contribution in [0.2, 0.25) is 0 Å². The van der Waals surface area contributed by atoms with Crippen molar-refractivity contribution in [1.82, 2.24) is 0 Å². The van der Waals surface area contributed by atoms with E-state index in [2.05, 4.69) is 15.9 Å². The van der Waals surface area contributed by atoms with E-state index >= 15 is 0 Å². The summed E-state index contributed by atoms with van der Waals surface area (Å²) in [6.07, 6.45) is 3.09. The van der Waals surface area contributed by atoms with Gasteiger partial charge in [-0.05, 0) is 48.6 Å². The molecule has 6 nitrogen and oxygen atoms in total. The number of hydrogen-bond donors (Lipinski definition) is 1. The number of carboxylic acid groups (broad SMARTS) is 1. The topological polar surface area (TPSA) is 82.1 Å². The van der Waals surface area contributed by atoms with Crippen LogP contribution in [0.1, 0.15) is 15.9 Å². The normalized spacial score (nSPS) is 10.6. The Kier molecular flexibility index (Phi) is 6.80. The molecular weight excluding hydrogens is 404 g/mol. The average Bonchev–Trinajstić information content (AvgIpc) is 2.64. The first-order chi connectivity index (χ1) is 12.4. The number of methoxy groups -OCH3 is 2. The van der Waals surface area contributed by atoms with Crippen molar-refractivity contribution < 1.29 is 28.9 Å². The number of ether oxygens (including phenoxy) is 3. The van der Waals surface area contributed by atoms with E-state index in [0.717, 1.165) is 10.0 Å². The van der Waals surface area contributed by atoms with Crippen molar-refractivity contribution in [2.75, 3.05) is 20.8 Å². The van der Waals surface area contributed by atoms with Crippen molar-refractivity contribution >= 4 is 33.8 Å². The standard InChI is InChI=1S/C19H17BrO6/c1-24-16-8-5-14(20)9-13(16)3-6-15(21)12-4-7-17(18(10-12)25-2)26-11-19(22)23/h3-10H,11H2,1-2H3,(H,22,23)/b6-3+. The Balaban J connectivity index is 2.21. The third kappa shape index (κ3) is 5.10. The maximum absolute atomic E-state index is 12.4. The molecule has 1 N–H and O–H groups in total. The molecule has 0 saturated heterocycles. The van der Waals surface area contributed by atoms with Crippen molar-refractivity contribution in [2.24, 2.45) is 0 Å². The number of hydrogen-bond acceptors (Lipinski definition) is 5. The number of carboxylic acids is 1. The molecule has 26 heavy (non-hydrogen) atoms. The first kappa shape index (κ1) is 19.5. The third-order valence-electron chi connectivity index (χ3n) is 3.41. The summed E-state index contributed by atoms with van der Waals surface area (Å²) in [5.41, 5.74) is 1.14. The van der Waals surface area contributed by atoms with Crippen LogP contribution < -0.4 is 14.2 Å². The molecule has 7 heteroatoms. The van der Waals surface area contributed by atoms with E-state index in [1.165, 1.54) is 25.3 Å². The van der Waals surface area contributed by atoms with Gasteiger partial charge in [-0.2, -0.15) is 0 Å². The van der Waals surface area contributed by atoms with Crippen LogP contribution in [0, 0.1) is 0 Å². The molecule has 2 aromatic carbocycles. The lowest BCUT2D eigenvalue weighted by Gasteiger charge is -2.10. The van der Waals surface area contributed by atoms with Crippen molar-refractivity contribution in [3.63, 3.8) is 0 Å². The second-order valence-electron chi connectivity index (χ2n) is 5.13. The highest BCUT2D eigenvalue weighted by Crippen LogP contribution is 2.29. The molecule has 0 aromatic heterocycles. The number of carbonyl (C=O) groups is 2. The van der Waals surface area contributed by atoms with Gasteiger partial charge in [-0.1, -0.05) is 15.9 Å². The number of rotatable bonds is 8. The largest absolute Gasteiger partial charge is 0.496 e. The second kappa shape index (κ2) is 9.05. The van der Waals surface area contributed by atoms with E-state index in [1.807, 2.05) is 12.1 Å². The Bertz CT molecular complexity index is 844. The van der Waals surface area contributed by atoms with E-state index in [-0.39, 0.29) is 17.3 Å². The average molecular weight is 421 g/mol. The summed E-state index contributed by atoms with van der Waals surface area (Å²) in [7, 11) is 2.97. The fourth-order valence-corrected chi connectivity index (χ4v) is 2.56. The summed E-state index contributed by atoms with van der Waals surface area (Å²) in [4.78, 5) is 23.0. The van der Waals surface area contributed by atoms with Crippen molar-refractivity contribution in [1.29, 1.82) is 0 Å². The van der Waals surface area contributed by atoms with Gasteiger partial charge in [-0.3, -0.25) is 4.79 Å². The minimum absolute atomic E-state index is 0.241. The first-order valence-electron chi connectivity index (χ1n) is 7.53. The molecule has 0 radical (unpaired) electrons. The zero-order valence-electron chi connectivity index (χ0n) is 14.2. The molecule has 0 aliphatic carbocycles. The summed E-state index contributed by atoms with van der Waals surface area (Å²) in [6, 6.07) is 10.0. The molecule has 0 aliphatic heterocycles. The fraction of sp³-hybridized carbons (Fsp3) is 0.158. The Morgan fingerprint density at radius 2 is 1.73 bits per heavy atom. The van der Waals surface area contributed by atoms with Gasteiger partial charge in [0.25, 0.3) is 0 Å². The summed E-state index contributed by atoms with van der Waals surface area (Å²) in [6.45, 7) is -0.494. The number of allylic oxidation sites excluding steroid dienone is 1. The molecule has 0 bridgehead atoms. The molecule has 0 saturated carbocycles. The van der Waals surface area contributed by atoms with Crippen LogP contribution in [0.4, 0.5) is 0 Å².